The SMILES string of the molecule is CCC(C)C(N=Cc1ccc(OC(=O)/C=C/c2ccc(Cl)cc2)c(OC)c1)C(=O)O. The number of carbonyl (C=O) groups is 2. The third kappa shape index (κ3) is 6.74. The second-order valence-electron chi connectivity index (χ2n) is 6.66. The van der Waals surface area contributed by atoms with Gasteiger partial charge in [0.25, 0.3) is 0 Å². The van der Waals surface area contributed by atoms with Gasteiger partial charge in [-0.1, -0.05) is 44.0 Å². The summed E-state index contributed by atoms with van der Waals surface area (Å²) < 4.78 is 10.6. The van der Waals surface area contributed by atoms with Gasteiger partial charge in [0, 0.05) is 17.3 Å². The van der Waals surface area contributed by atoms with E-state index in [4.69, 9.17) is 21.1 Å². The van der Waals surface area contributed by atoms with Crippen molar-refractivity contribution in [3.63, 3.8) is 0 Å². The summed E-state index contributed by atoms with van der Waals surface area (Å²) in [7, 11) is 1.45. The van der Waals surface area contributed by atoms with Gasteiger partial charge >= 0.3 is 11.9 Å². The second-order valence-corrected chi connectivity index (χ2v) is 7.10. The molecule has 0 aliphatic heterocycles. The number of benzene rings is 2. The Hall–Kier alpha value is -3.12. The number of hydrogen-bond donors (Lipinski definition) is 1. The van der Waals surface area contributed by atoms with Crippen molar-refractivity contribution in [2.24, 2.45) is 10.9 Å². The Morgan fingerprint density at radius 1 is 1.13 bits per heavy atom. The lowest BCUT2D eigenvalue weighted by atomic mass is 10.00. The molecule has 2 aromatic rings. The van der Waals surface area contributed by atoms with Gasteiger partial charge in [-0.3, -0.25) is 4.99 Å². The number of carboxylic acids is 1. The van der Waals surface area contributed by atoms with Crippen LogP contribution in [-0.2, 0) is 9.59 Å². The van der Waals surface area contributed by atoms with Crippen LogP contribution in [0.4, 0.5) is 0 Å². The van der Waals surface area contributed by atoms with E-state index < -0.39 is 18.0 Å². The van der Waals surface area contributed by atoms with Crippen molar-refractivity contribution in [1.82, 2.24) is 0 Å². The number of methoxy groups -OCH3 is 1. The quantitative estimate of drug-likeness (QED) is 0.265. The van der Waals surface area contributed by atoms with Gasteiger partial charge in [0.2, 0.25) is 0 Å². The first-order valence-corrected chi connectivity index (χ1v) is 9.81. The molecule has 2 atom stereocenters. The molecule has 30 heavy (non-hydrogen) atoms. The number of carboxylic acid groups (broad SMARTS) is 1. The van der Waals surface area contributed by atoms with Crippen molar-refractivity contribution in [3.05, 3.63) is 64.7 Å². The first-order chi connectivity index (χ1) is 14.3. The average Bonchev–Trinajstić information content (AvgIpc) is 2.73. The summed E-state index contributed by atoms with van der Waals surface area (Å²) >= 11 is 5.84. The Kier molecular flexibility index (Phi) is 8.62. The van der Waals surface area contributed by atoms with Gasteiger partial charge in [-0.25, -0.2) is 9.59 Å². The molecule has 1 N–H and O–H groups in total. The zero-order valence-corrected chi connectivity index (χ0v) is 17.8. The van der Waals surface area contributed by atoms with Gasteiger partial charge in [-0.05, 0) is 53.5 Å². The number of hydrogen-bond acceptors (Lipinski definition) is 5. The summed E-state index contributed by atoms with van der Waals surface area (Å²) in [4.78, 5) is 27.7. The first-order valence-electron chi connectivity index (χ1n) is 9.43. The van der Waals surface area contributed by atoms with Crippen LogP contribution in [0.3, 0.4) is 0 Å². The van der Waals surface area contributed by atoms with E-state index >= 15 is 0 Å². The van der Waals surface area contributed by atoms with E-state index in [1.54, 1.807) is 48.5 Å². The number of rotatable bonds is 9. The van der Waals surface area contributed by atoms with E-state index in [2.05, 4.69) is 4.99 Å². The molecule has 0 saturated heterocycles. The molecule has 2 unspecified atom stereocenters. The normalized spacial score (nSPS) is 13.3. The highest BCUT2D eigenvalue weighted by Crippen LogP contribution is 2.28. The van der Waals surface area contributed by atoms with Gasteiger partial charge in [-0.15, -0.1) is 0 Å². The van der Waals surface area contributed by atoms with Crippen LogP contribution in [0, 0.1) is 5.92 Å². The van der Waals surface area contributed by atoms with Gasteiger partial charge in [0.05, 0.1) is 7.11 Å². The lowest BCUT2D eigenvalue weighted by Gasteiger charge is -2.14. The van der Waals surface area contributed by atoms with Crippen LogP contribution in [0.15, 0.2) is 53.5 Å². The fraction of sp³-hybridized carbons (Fsp3) is 0.261. The Labute approximate surface area is 180 Å². The van der Waals surface area contributed by atoms with Gasteiger partial charge < -0.3 is 14.6 Å². The molecule has 7 heteroatoms. The number of carbonyl (C=O) groups excluding carboxylic acids is 1. The van der Waals surface area contributed by atoms with E-state index in [9.17, 15) is 14.7 Å². The lowest BCUT2D eigenvalue weighted by molar-refractivity contribution is -0.139. The monoisotopic (exact) mass is 429 g/mol. The number of esters is 1. The van der Waals surface area contributed by atoms with Crippen LogP contribution in [0.1, 0.15) is 31.4 Å². The zero-order chi connectivity index (χ0) is 22.1. The third-order valence-corrected chi connectivity index (χ3v) is 4.75. The number of nitrogens with zero attached hydrogens (tertiary/aromatic N) is 1. The van der Waals surface area contributed by atoms with Crippen LogP contribution in [-0.4, -0.2) is 36.4 Å². The number of ether oxygens (including phenoxy) is 2. The molecular weight excluding hydrogens is 406 g/mol. The Morgan fingerprint density at radius 3 is 2.40 bits per heavy atom. The molecule has 0 bridgehead atoms. The Morgan fingerprint density at radius 2 is 1.80 bits per heavy atom. The number of halogens is 1. The van der Waals surface area contributed by atoms with Crippen molar-refractivity contribution in [1.29, 1.82) is 0 Å². The average molecular weight is 430 g/mol. The molecule has 0 spiro atoms. The van der Waals surface area contributed by atoms with E-state index in [0.717, 1.165) is 5.56 Å². The van der Waals surface area contributed by atoms with Crippen molar-refractivity contribution in [2.75, 3.05) is 7.11 Å². The van der Waals surface area contributed by atoms with E-state index in [1.165, 1.54) is 19.4 Å². The van der Waals surface area contributed by atoms with E-state index in [0.29, 0.717) is 22.8 Å². The Bertz CT molecular complexity index is 937. The molecular formula is C23H24ClNO5. The predicted molar refractivity (Wildman–Crippen MR) is 118 cm³/mol. The third-order valence-electron chi connectivity index (χ3n) is 4.50. The smallest absolute Gasteiger partial charge is 0.336 e. The highest BCUT2D eigenvalue weighted by atomic mass is 35.5. The fourth-order valence-corrected chi connectivity index (χ4v) is 2.70. The predicted octanol–water partition coefficient (Wildman–Crippen LogP) is 4.89. The molecule has 0 heterocycles. The van der Waals surface area contributed by atoms with Crippen LogP contribution >= 0.6 is 11.6 Å². The molecule has 158 valence electrons. The molecule has 0 aliphatic carbocycles. The van der Waals surface area contributed by atoms with Crippen LogP contribution in [0.2, 0.25) is 5.02 Å². The molecule has 0 aromatic heterocycles. The van der Waals surface area contributed by atoms with Crippen LogP contribution < -0.4 is 9.47 Å². The molecule has 6 nitrogen and oxygen atoms in total. The summed E-state index contributed by atoms with van der Waals surface area (Å²) in [6.07, 6.45) is 5.12. The van der Waals surface area contributed by atoms with Gasteiger partial charge in [0.15, 0.2) is 11.5 Å². The van der Waals surface area contributed by atoms with E-state index in [1.807, 2.05) is 13.8 Å². The summed E-state index contributed by atoms with van der Waals surface area (Å²) in [5.41, 5.74) is 1.45. The maximum Gasteiger partial charge on any atom is 0.336 e. The van der Waals surface area contributed by atoms with Crippen molar-refractivity contribution >= 4 is 35.8 Å². The summed E-state index contributed by atoms with van der Waals surface area (Å²) in [5.74, 6) is -1.04. The molecule has 0 aliphatic rings. The van der Waals surface area contributed by atoms with E-state index in [-0.39, 0.29) is 11.7 Å². The topological polar surface area (TPSA) is 85.2 Å². The minimum Gasteiger partial charge on any atom is -0.493 e. The van der Waals surface area contributed by atoms with Gasteiger partial charge in [-0.2, -0.15) is 0 Å². The maximum atomic E-state index is 12.1. The van der Waals surface area contributed by atoms with Crippen molar-refractivity contribution in [3.8, 4) is 11.5 Å². The van der Waals surface area contributed by atoms with Crippen LogP contribution in [0.25, 0.3) is 6.08 Å². The maximum absolute atomic E-state index is 12.1. The van der Waals surface area contributed by atoms with Crippen molar-refractivity contribution in [2.45, 2.75) is 26.3 Å². The Balaban J connectivity index is 2.11. The summed E-state index contributed by atoms with van der Waals surface area (Å²) in [5, 5.41) is 9.95. The zero-order valence-electron chi connectivity index (χ0n) is 17.0. The molecule has 0 fully saturated rings. The molecule has 0 amide bonds. The number of aliphatic imine (C=N–C) groups is 1. The highest BCUT2D eigenvalue weighted by Gasteiger charge is 2.21. The molecule has 2 rings (SSSR count). The fourth-order valence-electron chi connectivity index (χ4n) is 2.57. The highest BCUT2D eigenvalue weighted by molar-refractivity contribution is 6.30. The van der Waals surface area contributed by atoms with Crippen molar-refractivity contribution < 1.29 is 24.2 Å². The molecule has 0 radical (unpaired) electrons. The van der Waals surface area contributed by atoms with Crippen LogP contribution in [0.5, 0.6) is 11.5 Å². The van der Waals surface area contributed by atoms with Gasteiger partial charge in [0.1, 0.15) is 6.04 Å². The number of aliphatic carboxylic acids is 1. The standard InChI is InChI=1S/C23H24ClNO5/c1-4-15(2)22(23(27)28)25-14-17-7-11-19(20(13-17)29-3)30-21(26)12-8-16-5-9-18(24)10-6-16/h5-15,22H,4H2,1-3H3,(H,27,28)/b12-8+,25-14?. The largest absolute Gasteiger partial charge is 0.493 e. The minimum absolute atomic E-state index is 0.0895. The summed E-state index contributed by atoms with van der Waals surface area (Å²) in [6.45, 7) is 3.76. The lowest BCUT2D eigenvalue weighted by Crippen LogP contribution is -2.25. The first kappa shape index (κ1) is 23.2. The second kappa shape index (κ2) is 11.2. The molecule has 0 saturated carbocycles. The minimum atomic E-state index is -0.967. The molecule has 2 aromatic carbocycles. The summed E-state index contributed by atoms with van der Waals surface area (Å²) in [6, 6.07) is 11.1.